The van der Waals surface area contributed by atoms with E-state index >= 15 is 0 Å². The summed E-state index contributed by atoms with van der Waals surface area (Å²) in [6, 6.07) is 3.51. The summed E-state index contributed by atoms with van der Waals surface area (Å²) < 4.78 is 34.2. The molecule has 0 N–H and O–H groups in total. The Balaban J connectivity index is 1.35. The lowest BCUT2D eigenvalue weighted by Crippen LogP contribution is -2.38. The largest absolute Gasteiger partial charge is 0.343 e. The van der Waals surface area contributed by atoms with E-state index in [0.29, 0.717) is 49.1 Å². The predicted octanol–water partition coefficient (Wildman–Crippen LogP) is 4.47. The molecule has 0 saturated carbocycles. The summed E-state index contributed by atoms with van der Waals surface area (Å²) in [5.74, 6) is 0.147. The minimum Gasteiger partial charge on any atom is -0.343 e. The Morgan fingerprint density at radius 3 is 2.61 bits per heavy atom. The van der Waals surface area contributed by atoms with Crippen molar-refractivity contribution in [3.8, 4) is 0 Å². The third-order valence-electron chi connectivity index (χ3n) is 6.03. The van der Waals surface area contributed by atoms with Crippen LogP contribution in [0.15, 0.2) is 16.7 Å². The zero-order chi connectivity index (χ0) is 22.1. The molecular formula is C22H27F2N5O2. The Morgan fingerprint density at radius 1 is 1.23 bits per heavy atom. The maximum absolute atomic E-state index is 13.6. The molecule has 166 valence electrons. The number of amides is 1. The fraction of sp³-hybridized carbons (Fsp3) is 0.545. The SMILES string of the molecule is Cc1cc(C)n(CCCC(=O)N2CCC(c3cc(C(F)F)c4c(C)noc4n3)CC2)n1. The standard InChI is InChI=1S/C22H27F2N5O2/c1-13-11-14(2)29(26-13)8-4-5-19(30)28-9-6-16(7-10-28)18-12-17(21(23)24)20-15(3)27-31-22(20)25-18/h11-12,16,21H,4-10H2,1-3H3. The van der Waals surface area contributed by atoms with E-state index in [4.69, 9.17) is 4.52 Å². The number of likely N-dealkylation sites (tertiary alicyclic amines) is 1. The van der Waals surface area contributed by atoms with Crippen LogP contribution in [0.2, 0.25) is 0 Å². The Hall–Kier alpha value is -2.84. The maximum atomic E-state index is 13.6. The van der Waals surface area contributed by atoms with Crippen LogP contribution in [-0.2, 0) is 11.3 Å². The van der Waals surface area contributed by atoms with Crippen molar-refractivity contribution in [2.45, 2.75) is 65.3 Å². The summed E-state index contributed by atoms with van der Waals surface area (Å²) in [6.45, 7) is 7.53. The Kier molecular flexibility index (Phi) is 6.02. The van der Waals surface area contributed by atoms with Gasteiger partial charge in [0.2, 0.25) is 5.91 Å². The zero-order valence-corrected chi connectivity index (χ0v) is 18.1. The molecule has 0 radical (unpaired) electrons. The number of carbonyl (C=O) groups excluding carboxylic acids is 1. The molecule has 4 heterocycles. The van der Waals surface area contributed by atoms with Crippen LogP contribution in [0.5, 0.6) is 0 Å². The lowest BCUT2D eigenvalue weighted by atomic mass is 9.91. The number of pyridine rings is 1. The highest BCUT2D eigenvalue weighted by Gasteiger charge is 2.27. The number of fused-ring (bicyclic) bond motifs is 1. The van der Waals surface area contributed by atoms with Crippen molar-refractivity contribution in [3.05, 3.63) is 40.5 Å². The number of carbonyl (C=O) groups is 1. The summed E-state index contributed by atoms with van der Waals surface area (Å²) in [5, 5.41) is 8.51. The second-order valence-electron chi connectivity index (χ2n) is 8.29. The molecule has 3 aromatic rings. The van der Waals surface area contributed by atoms with Crippen LogP contribution >= 0.6 is 0 Å². The fourth-order valence-corrected chi connectivity index (χ4v) is 4.39. The molecule has 0 spiro atoms. The number of aromatic nitrogens is 4. The molecule has 0 unspecified atom stereocenters. The molecule has 0 atom stereocenters. The smallest absolute Gasteiger partial charge is 0.264 e. The van der Waals surface area contributed by atoms with Gasteiger partial charge >= 0.3 is 0 Å². The second-order valence-corrected chi connectivity index (χ2v) is 8.29. The zero-order valence-electron chi connectivity index (χ0n) is 18.1. The minimum atomic E-state index is -2.62. The number of rotatable bonds is 6. The van der Waals surface area contributed by atoms with E-state index in [1.807, 2.05) is 29.5 Å². The van der Waals surface area contributed by atoms with Crippen molar-refractivity contribution >= 4 is 17.0 Å². The molecule has 3 aromatic heterocycles. The first-order chi connectivity index (χ1) is 14.8. The van der Waals surface area contributed by atoms with Gasteiger partial charge < -0.3 is 9.42 Å². The monoisotopic (exact) mass is 431 g/mol. The molecule has 4 rings (SSSR count). The quantitative estimate of drug-likeness (QED) is 0.576. The number of nitrogens with zero attached hydrogens (tertiary/aromatic N) is 5. The highest BCUT2D eigenvalue weighted by molar-refractivity contribution is 5.80. The number of hydrogen-bond acceptors (Lipinski definition) is 5. The van der Waals surface area contributed by atoms with Crippen LogP contribution < -0.4 is 0 Å². The summed E-state index contributed by atoms with van der Waals surface area (Å²) >= 11 is 0. The lowest BCUT2D eigenvalue weighted by molar-refractivity contribution is -0.132. The maximum Gasteiger partial charge on any atom is 0.264 e. The van der Waals surface area contributed by atoms with Gasteiger partial charge in [0.1, 0.15) is 0 Å². The Bertz CT molecular complexity index is 1080. The van der Waals surface area contributed by atoms with E-state index in [1.54, 1.807) is 6.92 Å². The van der Waals surface area contributed by atoms with Crippen molar-refractivity contribution in [2.24, 2.45) is 0 Å². The van der Waals surface area contributed by atoms with Gasteiger partial charge in [0.05, 0.1) is 16.8 Å². The average molecular weight is 431 g/mol. The highest BCUT2D eigenvalue weighted by atomic mass is 19.3. The third-order valence-corrected chi connectivity index (χ3v) is 6.03. The molecule has 9 heteroatoms. The summed E-state index contributed by atoms with van der Waals surface area (Å²) in [5.41, 5.74) is 3.17. The van der Waals surface area contributed by atoms with E-state index in [-0.39, 0.29) is 23.1 Å². The van der Waals surface area contributed by atoms with Crippen LogP contribution in [0.4, 0.5) is 8.78 Å². The van der Waals surface area contributed by atoms with Gasteiger partial charge in [-0.3, -0.25) is 9.48 Å². The van der Waals surface area contributed by atoms with Gasteiger partial charge in [-0.15, -0.1) is 0 Å². The van der Waals surface area contributed by atoms with Gasteiger partial charge in [-0.05, 0) is 52.2 Å². The van der Waals surface area contributed by atoms with Crippen molar-refractivity contribution < 1.29 is 18.1 Å². The number of aryl methyl sites for hydroxylation is 4. The second kappa shape index (κ2) is 8.72. The van der Waals surface area contributed by atoms with Crippen LogP contribution in [0.3, 0.4) is 0 Å². The number of alkyl halides is 2. The van der Waals surface area contributed by atoms with E-state index in [1.165, 1.54) is 6.07 Å². The van der Waals surface area contributed by atoms with Gasteiger partial charge in [0.25, 0.3) is 12.1 Å². The molecule has 1 saturated heterocycles. The van der Waals surface area contributed by atoms with E-state index in [2.05, 4.69) is 15.2 Å². The number of halogens is 2. The van der Waals surface area contributed by atoms with Crippen LogP contribution in [0.25, 0.3) is 11.1 Å². The van der Waals surface area contributed by atoms with Crippen molar-refractivity contribution in [1.82, 2.24) is 24.8 Å². The minimum absolute atomic E-state index is 0.0195. The molecule has 1 fully saturated rings. The fourth-order valence-electron chi connectivity index (χ4n) is 4.39. The summed E-state index contributed by atoms with van der Waals surface area (Å²) in [7, 11) is 0. The number of piperidine rings is 1. The summed E-state index contributed by atoms with van der Waals surface area (Å²) in [6.07, 6.45) is -0.0253. The molecule has 1 amide bonds. The topological polar surface area (TPSA) is 77.0 Å². The first-order valence-corrected chi connectivity index (χ1v) is 10.7. The lowest BCUT2D eigenvalue weighted by Gasteiger charge is -2.32. The van der Waals surface area contributed by atoms with Crippen LogP contribution in [0.1, 0.15) is 66.4 Å². The normalized spacial score (nSPS) is 15.4. The third kappa shape index (κ3) is 4.45. The number of hydrogen-bond donors (Lipinski definition) is 0. The first-order valence-electron chi connectivity index (χ1n) is 10.7. The Labute approximate surface area is 179 Å². The molecule has 1 aliphatic rings. The van der Waals surface area contributed by atoms with Gasteiger partial charge in [-0.1, -0.05) is 5.16 Å². The van der Waals surface area contributed by atoms with Crippen molar-refractivity contribution in [3.63, 3.8) is 0 Å². The van der Waals surface area contributed by atoms with Gasteiger partial charge in [-0.25, -0.2) is 13.8 Å². The van der Waals surface area contributed by atoms with Crippen LogP contribution in [-0.4, -0.2) is 43.8 Å². The van der Waals surface area contributed by atoms with Gasteiger partial charge in [-0.2, -0.15) is 5.10 Å². The average Bonchev–Trinajstić information content (AvgIpc) is 3.28. The van der Waals surface area contributed by atoms with E-state index in [0.717, 1.165) is 24.4 Å². The van der Waals surface area contributed by atoms with E-state index < -0.39 is 6.43 Å². The molecule has 1 aliphatic heterocycles. The molecule has 0 bridgehead atoms. The van der Waals surface area contributed by atoms with Gasteiger partial charge in [0.15, 0.2) is 0 Å². The van der Waals surface area contributed by atoms with Crippen LogP contribution in [0, 0.1) is 20.8 Å². The highest BCUT2D eigenvalue weighted by Crippen LogP contribution is 2.34. The predicted molar refractivity (Wildman–Crippen MR) is 111 cm³/mol. The molecule has 0 aliphatic carbocycles. The summed E-state index contributed by atoms with van der Waals surface area (Å²) in [4.78, 5) is 18.9. The van der Waals surface area contributed by atoms with Crippen molar-refractivity contribution in [2.75, 3.05) is 13.1 Å². The molecular weight excluding hydrogens is 404 g/mol. The van der Waals surface area contributed by atoms with Crippen molar-refractivity contribution in [1.29, 1.82) is 0 Å². The van der Waals surface area contributed by atoms with E-state index in [9.17, 15) is 13.6 Å². The van der Waals surface area contributed by atoms with Gasteiger partial charge in [0, 0.05) is 48.9 Å². The molecule has 7 nitrogen and oxygen atoms in total. The molecule has 31 heavy (non-hydrogen) atoms. The Morgan fingerprint density at radius 2 is 1.97 bits per heavy atom. The first kappa shape index (κ1) is 21.4. The molecule has 0 aromatic carbocycles.